The first kappa shape index (κ1) is 19.6. The number of ether oxygens (including phenoxy) is 2. The zero-order valence-electron chi connectivity index (χ0n) is 15.6. The van der Waals surface area contributed by atoms with Gasteiger partial charge in [-0.05, 0) is 13.0 Å². The zero-order chi connectivity index (χ0) is 19.9. The summed E-state index contributed by atoms with van der Waals surface area (Å²) in [7, 11) is 1.57. The van der Waals surface area contributed by atoms with E-state index in [4.69, 9.17) is 9.47 Å². The molecule has 144 valence electrons. The minimum Gasteiger partial charge on any atom is -0.496 e. The lowest BCUT2D eigenvalue weighted by atomic mass is 10.1. The van der Waals surface area contributed by atoms with Crippen LogP contribution in [0.2, 0.25) is 0 Å². The highest BCUT2D eigenvalue weighted by Crippen LogP contribution is 2.28. The molecule has 0 saturated heterocycles. The first-order valence-electron chi connectivity index (χ1n) is 8.67. The number of para-hydroxylation sites is 1. The number of hydrogen-bond acceptors (Lipinski definition) is 6. The predicted octanol–water partition coefficient (Wildman–Crippen LogP) is 3.60. The standard InChI is InChI=1S/C21H20N2O4S/c1-14-23-19(15-8-4-3-5-9-15)20(28-14)21(25)27-13-18(24)22-12-16-10-6-7-11-17(16)26-2/h3-11H,12-13H2,1-2H3,(H,22,24). The van der Waals surface area contributed by atoms with Crippen molar-refractivity contribution in [2.75, 3.05) is 13.7 Å². The lowest BCUT2D eigenvalue weighted by Crippen LogP contribution is -2.28. The predicted molar refractivity (Wildman–Crippen MR) is 107 cm³/mol. The van der Waals surface area contributed by atoms with Crippen LogP contribution in [-0.2, 0) is 16.1 Å². The third-order valence-corrected chi connectivity index (χ3v) is 4.92. The fraction of sp³-hybridized carbons (Fsp3) is 0.190. The number of methoxy groups -OCH3 is 1. The minimum atomic E-state index is -0.558. The summed E-state index contributed by atoms with van der Waals surface area (Å²) < 4.78 is 10.4. The molecule has 0 fully saturated rings. The van der Waals surface area contributed by atoms with E-state index in [-0.39, 0.29) is 19.1 Å². The number of aromatic nitrogens is 1. The third-order valence-electron chi connectivity index (χ3n) is 3.97. The normalized spacial score (nSPS) is 10.4. The molecule has 1 N–H and O–H groups in total. The number of carbonyl (C=O) groups excluding carboxylic acids is 2. The molecule has 7 heteroatoms. The summed E-state index contributed by atoms with van der Waals surface area (Å²) in [6.45, 7) is 1.75. The summed E-state index contributed by atoms with van der Waals surface area (Å²) in [6, 6.07) is 16.8. The van der Waals surface area contributed by atoms with E-state index in [2.05, 4.69) is 10.3 Å². The van der Waals surface area contributed by atoms with Crippen LogP contribution >= 0.6 is 11.3 Å². The van der Waals surface area contributed by atoms with Gasteiger partial charge in [0.2, 0.25) is 0 Å². The molecule has 1 amide bonds. The average Bonchev–Trinajstić information content (AvgIpc) is 3.13. The van der Waals surface area contributed by atoms with Crippen LogP contribution < -0.4 is 10.1 Å². The van der Waals surface area contributed by atoms with Crippen molar-refractivity contribution in [2.24, 2.45) is 0 Å². The Morgan fingerprint density at radius 1 is 1.07 bits per heavy atom. The zero-order valence-corrected chi connectivity index (χ0v) is 16.4. The van der Waals surface area contributed by atoms with Gasteiger partial charge in [-0.2, -0.15) is 0 Å². The van der Waals surface area contributed by atoms with Gasteiger partial charge in [0.1, 0.15) is 10.6 Å². The maximum atomic E-state index is 12.5. The van der Waals surface area contributed by atoms with Gasteiger partial charge >= 0.3 is 5.97 Å². The molecule has 0 aliphatic carbocycles. The van der Waals surface area contributed by atoms with E-state index in [0.717, 1.165) is 16.1 Å². The number of rotatable bonds is 7. The highest BCUT2D eigenvalue weighted by molar-refractivity contribution is 7.14. The van der Waals surface area contributed by atoms with Crippen molar-refractivity contribution in [3.63, 3.8) is 0 Å². The second kappa shape index (κ2) is 9.14. The fourth-order valence-electron chi connectivity index (χ4n) is 2.65. The largest absolute Gasteiger partial charge is 0.496 e. The van der Waals surface area contributed by atoms with Gasteiger partial charge in [-0.3, -0.25) is 4.79 Å². The van der Waals surface area contributed by atoms with Crippen LogP contribution in [-0.4, -0.2) is 30.6 Å². The van der Waals surface area contributed by atoms with Crippen LogP contribution in [0.3, 0.4) is 0 Å². The number of nitrogens with zero attached hydrogens (tertiary/aromatic N) is 1. The number of benzene rings is 2. The summed E-state index contributed by atoms with van der Waals surface area (Å²) in [6.07, 6.45) is 0. The molecule has 0 unspecified atom stereocenters. The number of esters is 1. The van der Waals surface area contributed by atoms with Crippen molar-refractivity contribution in [2.45, 2.75) is 13.5 Å². The second-order valence-electron chi connectivity index (χ2n) is 5.94. The molecule has 3 rings (SSSR count). The van der Waals surface area contributed by atoms with Gasteiger partial charge in [0.05, 0.1) is 17.8 Å². The van der Waals surface area contributed by atoms with Crippen LogP contribution in [0.15, 0.2) is 54.6 Å². The molecular weight excluding hydrogens is 376 g/mol. The molecule has 0 aliphatic heterocycles. The van der Waals surface area contributed by atoms with Gasteiger partial charge in [0.15, 0.2) is 6.61 Å². The van der Waals surface area contributed by atoms with E-state index in [0.29, 0.717) is 16.3 Å². The highest BCUT2D eigenvalue weighted by Gasteiger charge is 2.20. The monoisotopic (exact) mass is 396 g/mol. The summed E-state index contributed by atoms with van der Waals surface area (Å²) >= 11 is 1.25. The number of nitrogens with one attached hydrogen (secondary N) is 1. The fourth-order valence-corrected chi connectivity index (χ4v) is 3.48. The second-order valence-corrected chi connectivity index (χ2v) is 7.14. The maximum Gasteiger partial charge on any atom is 0.351 e. The van der Waals surface area contributed by atoms with E-state index in [1.807, 2.05) is 61.5 Å². The van der Waals surface area contributed by atoms with Crippen LogP contribution in [0.25, 0.3) is 11.3 Å². The molecule has 2 aromatic carbocycles. The highest BCUT2D eigenvalue weighted by atomic mass is 32.1. The molecule has 0 bridgehead atoms. The van der Waals surface area contributed by atoms with Crippen molar-refractivity contribution < 1.29 is 19.1 Å². The van der Waals surface area contributed by atoms with E-state index in [1.54, 1.807) is 7.11 Å². The Kier molecular flexibility index (Phi) is 6.39. The van der Waals surface area contributed by atoms with Crippen molar-refractivity contribution in [1.82, 2.24) is 10.3 Å². The maximum absolute atomic E-state index is 12.5. The molecule has 1 heterocycles. The average molecular weight is 396 g/mol. The summed E-state index contributed by atoms with van der Waals surface area (Å²) in [5.74, 6) is -0.258. The molecule has 0 saturated carbocycles. The van der Waals surface area contributed by atoms with Gasteiger partial charge in [-0.15, -0.1) is 11.3 Å². The van der Waals surface area contributed by atoms with Gasteiger partial charge < -0.3 is 14.8 Å². The lowest BCUT2D eigenvalue weighted by molar-refractivity contribution is -0.124. The molecule has 0 aliphatic rings. The molecule has 1 aromatic heterocycles. The molecule has 0 radical (unpaired) electrons. The van der Waals surface area contributed by atoms with E-state index in [9.17, 15) is 9.59 Å². The first-order valence-corrected chi connectivity index (χ1v) is 9.48. The molecular formula is C21H20N2O4S. The Balaban J connectivity index is 1.59. The number of hydrogen-bond donors (Lipinski definition) is 1. The number of thiazole rings is 1. The molecule has 28 heavy (non-hydrogen) atoms. The molecule has 0 spiro atoms. The summed E-state index contributed by atoms with van der Waals surface area (Å²) in [5, 5.41) is 3.48. The Morgan fingerprint density at radius 2 is 1.79 bits per heavy atom. The van der Waals surface area contributed by atoms with Crippen LogP contribution in [0.5, 0.6) is 5.75 Å². The Bertz CT molecular complexity index is 970. The molecule has 6 nitrogen and oxygen atoms in total. The van der Waals surface area contributed by atoms with Gasteiger partial charge in [-0.25, -0.2) is 9.78 Å². The van der Waals surface area contributed by atoms with E-state index >= 15 is 0 Å². The third kappa shape index (κ3) is 4.75. The quantitative estimate of drug-likeness (QED) is 0.618. The van der Waals surface area contributed by atoms with Crippen molar-refractivity contribution >= 4 is 23.2 Å². The summed E-state index contributed by atoms with van der Waals surface area (Å²) in [5.41, 5.74) is 2.25. The number of amides is 1. The topological polar surface area (TPSA) is 77.5 Å². The Hall–Kier alpha value is -3.19. The lowest BCUT2D eigenvalue weighted by Gasteiger charge is -2.10. The minimum absolute atomic E-state index is 0.287. The molecule has 3 aromatic rings. The van der Waals surface area contributed by atoms with Crippen molar-refractivity contribution in [1.29, 1.82) is 0 Å². The van der Waals surface area contributed by atoms with Crippen molar-refractivity contribution in [3.8, 4) is 17.0 Å². The SMILES string of the molecule is COc1ccccc1CNC(=O)COC(=O)c1sc(C)nc1-c1ccccc1. The first-order chi connectivity index (χ1) is 13.6. The van der Waals surface area contributed by atoms with E-state index < -0.39 is 5.97 Å². The van der Waals surface area contributed by atoms with Crippen LogP contribution in [0, 0.1) is 6.92 Å². The Labute approximate surface area is 167 Å². The van der Waals surface area contributed by atoms with Crippen LogP contribution in [0.4, 0.5) is 0 Å². The van der Waals surface area contributed by atoms with Gasteiger partial charge in [-0.1, -0.05) is 48.5 Å². The van der Waals surface area contributed by atoms with Gasteiger partial charge in [0, 0.05) is 17.7 Å². The van der Waals surface area contributed by atoms with Gasteiger partial charge in [0.25, 0.3) is 5.91 Å². The van der Waals surface area contributed by atoms with E-state index in [1.165, 1.54) is 11.3 Å². The smallest absolute Gasteiger partial charge is 0.351 e. The molecule has 0 atom stereocenters. The summed E-state index contributed by atoms with van der Waals surface area (Å²) in [4.78, 5) is 29.4. The van der Waals surface area contributed by atoms with Crippen LogP contribution in [0.1, 0.15) is 20.2 Å². The number of carbonyl (C=O) groups is 2. The van der Waals surface area contributed by atoms with Crippen molar-refractivity contribution in [3.05, 3.63) is 70.0 Å². The Morgan fingerprint density at radius 3 is 2.54 bits per heavy atom. The number of aryl methyl sites for hydroxylation is 1.